The number of fused-ring (bicyclic) bond motifs is 1. The Kier molecular flexibility index (Phi) is 12.9. The van der Waals surface area contributed by atoms with Crippen LogP contribution >= 0.6 is 0 Å². The molecule has 0 aliphatic carbocycles. The van der Waals surface area contributed by atoms with Gasteiger partial charge in [0, 0.05) is 29.8 Å². The van der Waals surface area contributed by atoms with E-state index in [1.54, 1.807) is 42.5 Å². The number of ether oxygens (including phenoxy) is 2. The molecule has 1 heterocycles. The molecule has 58 heavy (non-hydrogen) atoms. The molecular formula is C49H43F2NO6. The van der Waals surface area contributed by atoms with Crippen molar-refractivity contribution in [1.82, 2.24) is 4.57 Å². The van der Waals surface area contributed by atoms with Crippen molar-refractivity contribution in [2.24, 2.45) is 0 Å². The summed E-state index contributed by atoms with van der Waals surface area (Å²) in [6.07, 6.45) is 0.399. The zero-order valence-electron chi connectivity index (χ0n) is 32.7. The van der Waals surface area contributed by atoms with Crippen LogP contribution in [0.4, 0.5) is 8.78 Å². The third kappa shape index (κ3) is 10.1. The fraction of sp³-hybridized carbons (Fsp3) is 0.163. The molecule has 0 aliphatic heterocycles. The number of hydrogen-bond donors (Lipinski definition) is 1. The molecule has 294 valence electrons. The molecule has 0 unspecified atom stereocenters. The van der Waals surface area contributed by atoms with E-state index in [0.717, 1.165) is 50.3 Å². The van der Waals surface area contributed by atoms with E-state index < -0.39 is 5.97 Å². The topological polar surface area (TPSA) is 94.8 Å². The maximum atomic E-state index is 13.3. The SMILES string of the molecule is CC(=O)CCC(=O)c1cc(C)ccc1OCc1ccc(F)cc1.Cc1ccc(OCc2ccc(F)cc2)c(-c2ccc(C)n2-c2cc(C(=O)O)c3ccccc3c2)c1. The molecule has 0 saturated carbocycles. The number of benzene rings is 6. The van der Waals surface area contributed by atoms with Gasteiger partial charge in [0.1, 0.15) is 42.1 Å². The zero-order chi connectivity index (χ0) is 41.3. The lowest BCUT2D eigenvalue weighted by molar-refractivity contribution is -0.117. The highest BCUT2D eigenvalue weighted by atomic mass is 19.1. The number of carbonyl (C=O) groups excluding carboxylic acids is 2. The standard InChI is InChI=1S/C30H24FNO3.C19H19FO3/c1-19-7-14-29(35-18-21-9-11-23(31)12-10-21)27(15-19)28-13-8-20(2)32(28)24-16-22-5-3-4-6-25(22)26(17-24)30(33)34;1-13-3-10-19(17(11-13)18(22)9-4-14(2)21)23-12-15-5-7-16(20)8-6-15/h3-17H,18H2,1-2H3,(H,33,34);3,5-8,10-11H,4,9,12H2,1-2H3. The number of ketones is 2. The van der Waals surface area contributed by atoms with Gasteiger partial charge in [-0.05, 0) is 122 Å². The van der Waals surface area contributed by atoms with Gasteiger partial charge in [-0.2, -0.15) is 0 Å². The van der Waals surface area contributed by atoms with Crippen molar-refractivity contribution in [3.63, 3.8) is 0 Å². The van der Waals surface area contributed by atoms with E-state index in [1.807, 2.05) is 81.4 Å². The summed E-state index contributed by atoms with van der Waals surface area (Å²) < 4.78 is 40.1. The van der Waals surface area contributed by atoms with Crippen LogP contribution in [0, 0.1) is 32.4 Å². The third-order valence-electron chi connectivity index (χ3n) is 9.58. The van der Waals surface area contributed by atoms with Gasteiger partial charge in [-0.3, -0.25) is 4.79 Å². The van der Waals surface area contributed by atoms with Gasteiger partial charge in [0.2, 0.25) is 0 Å². The molecule has 0 atom stereocenters. The van der Waals surface area contributed by atoms with Gasteiger partial charge >= 0.3 is 5.97 Å². The first-order valence-electron chi connectivity index (χ1n) is 18.8. The van der Waals surface area contributed by atoms with Crippen LogP contribution in [0.15, 0.2) is 133 Å². The van der Waals surface area contributed by atoms with Crippen LogP contribution in [0.1, 0.15) is 68.4 Å². The number of Topliss-reactive ketones (excluding diaryl/α,β-unsaturated/α-hetero) is 2. The summed E-state index contributed by atoms with van der Waals surface area (Å²) in [5, 5.41) is 11.4. The van der Waals surface area contributed by atoms with Gasteiger partial charge in [-0.15, -0.1) is 0 Å². The minimum absolute atomic E-state index is 0.0141. The molecule has 0 spiro atoms. The molecule has 0 radical (unpaired) electrons. The van der Waals surface area contributed by atoms with Gasteiger partial charge in [-0.1, -0.05) is 71.8 Å². The maximum absolute atomic E-state index is 13.3. The molecule has 6 aromatic carbocycles. The molecule has 0 bridgehead atoms. The lowest BCUT2D eigenvalue weighted by Crippen LogP contribution is -2.06. The summed E-state index contributed by atoms with van der Waals surface area (Å²) in [6.45, 7) is 7.92. The van der Waals surface area contributed by atoms with Crippen LogP contribution in [-0.2, 0) is 18.0 Å². The molecule has 1 aromatic heterocycles. The van der Waals surface area contributed by atoms with E-state index in [0.29, 0.717) is 29.1 Å². The molecule has 9 heteroatoms. The second-order valence-corrected chi connectivity index (χ2v) is 14.2. The summed E-state index contributed by atoms with van der Waals surface area (Å²) in [5.74, 6) is -0.503. The number of rotatable bonds is 13. The Balaban J connectivity index is 0.000000214. The number of carboxylic acid groups (broad SMARTS) is 1. The van der Waals surface area contributed by atoms with Crippen molar-refractivity contribution in [3.8, 4) is 28.4 Å². The first-order valence-corrected chi connectivity index (χ1v) is 18.8. The second kappa shape index (κ2) is 18.4. The predicted molar refractivity (Wildman–Crippen MR) is 222 cm³/mol. The Bertz CT molecular complexity index is 2590. The van der Waals surface area contributed by atoms with E-state index >= 15 is 0 Å². The van der Waals surface area contributed by atoms with Crippen LogP contribution in [0.25, 0.3) is 27.7 Å². The van der Waals surface area contributed by atoms with Crippen molar-refractivity contribution in [2.45, 2.75) is 53.8 Å². The number of aromatic nitrogens is 1. The highest BCUT2D eigenvalue weighted by Crippen LogP contribution is 2.36. The van der Waals surface area contributed by atoms with Crippen LogP contribution in [-0.4, -0.2) is 27.2 Å². The third-order valence-corrected chi connectivity index (χ3v) is 9.58. The van der Waals surface area contributed by atoms with Crippen molar-refractivity contribution < 1.29 is 37.7 Å². The Morgan fingerprint density at radius 3 is 1.83 bits per heavy atom. The lowest BCUT2D eigenvalue weighted by Gasteiger charge is -2.18. The Morgan fingerprint density at radius 2 is 1.21 bits per heavy atom. The highest BCUT2D eigenvalue weighted by molar-refractivity contribution is 6.05. The number of carbonyl (C=O) groups is 3. The minimum Gasteiger partial charge on any atom is -0.488 e. The number of halogens is 2. The van der Waals surface area contributed by atoms with Gasteiger partial charge in [0.25, 0.3) is 0 Å². The Labute approximate surface area is 336 Å². The van der Waals surface area contributed by atoms with Crippen molar-refractivity contribution >= 4 is 28.3 Å². The van der Waals surface area contributed by atoms with Gasteiger partial charge in [0.15, 0.2) is 5.78 Å². The van der Waals surface area contributed by atoms with E-state index in [4.69, 9.17) is 9.47 Å². The van der Waals surface area contributed by atoms with Crippen molar-refractivity contribution in [3.05, 3.63) is 184 Å². The monoisotopic (exact) mass is 779 g/mol. The number of nitrogens with zero attached hydrogens (tertiary/aromatic N) is 1. The second-order valence-electron chi connectivity index (χ2n) is 14.2. The van der Waals surface area contributed by atoms with Crippen LogP contribution in [0.3, 0.4) is 0 Å². The number of carboxylic acids is 1. The average molecular weight is 780 g/mol. The van der Waals surface area contributed by atoms with Crippen LogP contribution < -0.4 is 9.47 Å². The minimum atomic E-state index is -0.965. The first-order chi connectivity index (χ1) is 27.9. The van der Waals surface area contributed by atoms with Crippen molar-refractivity contribution in [1.29, 1.82) is 0 Å². The highest BCUT2D eigenvalue weighted by Gasteiger charge is 2.18. The van der Waals surface area contributed by atoms with E-state index in [-0.39, 0.29) is 48.2 Å². The summed E-state index contributed by atoms with van der Waals surface area (Å²) in [7, 11) is 0. The summed E-state index contributed by atoms with van der Waals surface area (Å²) in [6, 6.07) is 38.9. The molecule has 7 nitrogen and oxygen atoms in total. The molecule has 1 N–H and O–H groups in total. The number of hydrogen-bond acceptors (Lipinski definition) is 5. The average Bonchev–Trinajstić information content (AvgIpc) is 3.60. The quantitative estimate of drug-likeness (QED) is 0.117. The number of aromatic carboxylic acids is 1. The largest absolute Gasteiger partial charge is 0.488 e. The van der Waals surface area contributed by atoms with Gasteiger partial charge in [0.05, 0.1) is 16.8 Å². The smallest absolute Gasteiger partial charge is 0.336 e. The molecule has 0 saturated heterocycles. The molecule has 7 rings (SSSR count). The Morgan fingerprint density at radius 1 is 0.621 bits per heavy atom. The van der Waals surface area contributed by atoms with E-state index in [9.17, 15) is 28.3 Å². The summed E-state index contributed by atoms with van der Waals surface area (Å²) >= 11 is 0. The first kappa shape index (κ1) is 40.8. The van der Waals surface area contributed by atoms with E-state index in [1.165, 1.54) is 31.2 Å². The maximum Gasteiger partial charge on any atom is 0.336 e. The van der Waals surface area contributed by atoms with Crippen molar-refractivity contribution in [2.75, 3.05) is 0 Å². The summed E-state index contributed by atoms with van der Waals surface area (Å²) in [4.78, 5) is 35.4. The Hall–Kier alpha value is -6.87. The van der Waals surface area contributed by atoms with Crippen LogP contribution in [0.5, 0.6) is 11.5 Å². The summed E-state index contributed by atoms with van der Waals surface area (Å²) in [5.41, 5.74) is 7.97. The lowest BCUT2D eigenvalue weighted by atomic mass is 10.0. The predicted octanol–water partition coefficient (Wildman–Crippen LogP) is 11.6. The molecule has 7 aromatic rings. The normalized spacial score (nSPS) is 10.8. The zero-order valence-corrected chi connectivity index (χ0v) is 32.7. The molecule has 0 amide bonds. The van der Waals surface area contributed by atoms with Crippen LogP contribution in [0.2, 0.25) is 0 Å². The molecule has 0 aliphatic rings. The van der Waals surface area contributed by atoms with E-state index in [2.05, 4.69) is 10.6 Å². The molecular weight excluding hydrogens is 737 g/mol. The van der Waals surface area contributed by atoms with Gasteiger partial charge < -0.3 is 23.9 Å². The van der Waals surface area contributed by atoms with Gasteiger partial charge in [-0.25, -0.2) is 13.6 Å². The fourth-order valence-corrected chi connectivity index (χ4v) is 6.56. The molecule has 0 fully saturated rings. The fourth-order valence-electron chi connectivity index (χ4n) is 6.56. The number of aryl methyl sites for hydroxylation is 3.